The van der Waals surface area contributed by atoms with Crippen LogP contribution in [0.5, 0.6) is 0 Å². The highest BCUT2D eigenvalue weighted by Gasteiger charge is 2.06. The standard InChI is InChI=1S/C18H19NO3/c1-13(20)14-4-6-15(7-5-14)18-9-8-17(22-18)12-19-11-16-3-2-10-21-16/h2-10,13,19-20H,11-12H2,1H3/t13-/m0/s1. The largest absolute Gasteiger partial charge is 0.468 e. The molecule has 4 nitrogen and oxygen atoms in total. The topological polar surface area (TPSA) is 58.5 Å². The molecular weight excluding hydrogens is 278 g/mol. The first-order valence-electron chi connectivity index (χ1n) is 7.32. The van der Waals surface area contributed by atoms with Gasteiger partial charge in [0.1, 0.15) is 17.3 Å². The van der Waals surface area contributed by atoms with E-state index in [0.717, 1.165) is 28.4 Å². The van der Waals surface area contributed by atoms with Gasteiger partial charge in [0.2, 0.25) is 0 Å². The molecule has 1 atom stereocenters. The molecule has 0 spiro atoms. The third kappa shape index (κ3) is 3.47. The lowest BCUT2D eigenvalue weighted by Crippen LogP contribution is -2.11. The summed E-state index contributed by atoms with van der Waals surface area (Å²) in [5.41, 5.74) is 1.90. The molecule has 0 aliphatic rings. The molecule has 3 rings (SSSR count). The normalized spacial score (nSPS) is 12.5. The third-order valence-corrected chi connectivity index (χ3v) is 3.52. The van der Waals surface area contributed by atoms with Gasteiger partial charge < -0.3 is 19.3 Å². The molecule has 0 saturated heterocycles. The molecule has 0 unspecified atom stereocenters. The van der Waals surface area contributed by atoms with Gasteiger partial charge in [0.25, 0.3) is 0 Å². The summed E-state index contributed by atoms with van der Waals surface area (Å²) in [7, 11) is 0. The van der Waals surface area contributed by atoms with E-state index in [1.54, 1.807) is 13.2 Å². The Hall–Kier alpha value is -2.30. The van der Waals surface area contributed by atoms with Crippen molar-refractivity contribution in [1.29, 1.82) is 0 Å². The molecule has 0 bridgehead atoms. The maximum Gasteiger partial charge on any atom is 0.134 e. The SMILES string of the molecule is C[C@H](O)c1ccc(-c2ccc(CNCc3ccco3)o2)cc1. The lowest BCUT2D eigenvalue weighted by Gasteiger charge is -2.05. The Balaban J connectivity index is 1.60. The fourth-order valence-electron chi connectivity index (χ4n) is 2.28. The number of rotatable bonds is 6. The number of aliphatic hydroxyl groups is 1. The van der Waals surface area contributed by atoms with Crippen molar-refractivity contribution in [3.63, 3.8) is 0 Å². The fraction of sp³-hybridized carbons (Fsp3) is 0.222. The van der Waals surface area contributed by atoms with Crippen LogP contribution < -0.4 is 5.32 Å². The van der Waals surface area contributed by atoms with Gasteiger partial charge in [-0.05, 0) is 36.8 Å². The van der Waals surface area contributed by atoms with Gasteiger partial charge in [0, 0.05) is 5.56 Å². The summed E-state index contributed by atoms with van der Waals surface area (Å²) in [6.07, 6.45) is 1.21. The van der Waals surface area contributed by atoms with Gasteiger partial charge in [-0.25, -0.2) is 0 Å². The van der Waals surface area contributed by atoms with Crippen LogP contribution in [-0.2, 0) is 13.1 Å². The van der Waals surface area contributed by atoms with E-state index < -0.39 is 6.10 Å². The number of hydrogen-bond acceptors (Lipinski definition) is 4. The molecule has 0 fully saturated rings. The highest BCUT2D eigenvalue weighted by atomic mass is 16.3. The molecule has 0 amide bonds. The Kier molecular flexibility index (Phi) is 4.42. The third-order valence-electron chi connectivity index (χ3n) is 3.52. The number of aliphatic hydroxyl groups excluding tert-OH is 1. The van der Waals surface area contributed by atoms with Crippen LogP contribution in [0.15, 0.2) is 63.6 Å². The fourth-order valence-corrected chi connectivity index (χ4v) is 2.28. The monoisotopic (exact) mass is 297 g/mol. The summed E-state index contributed by atoms with van der Waals surface area (Å²) in [6, 6.07) is 15.5. The Morgan fingerprint density at radius 3 is 2.45 bits per heavy atom. The zero-order valence-corrected chi connectivity index (χ0v) is 12.5. The number of hydrogen-bond donors (Lipinski definition) is 2. The Bertz CT molecular complexity index is 696. The zero-order chi connectivity index (χ0) is 15.4. The highest BCUT2D eigenvalue weighted by Crippen LogP contribution is 2.24. The van der Waals surface area contributed by atoms with Crippen LogP contribution in [0.1, 0.15) is 30.1 Å². The van der Waals surface area contributed by atoms with E-state index in [4.69, 9.17) is 8.83 Å². The van der Waals surface area contributed by atoms with E-state index in [2.05, 4.69) is 5.32 Å². The molecule has 1 aromatic carbocycles. The van der Waals surface area contributed by atoms with Gasteiger partial charge >= 0.3 is 0 Å². The van der Waals surface area contributed by atoms with E-state index in [1.165, 1.54) is 0 Å². The minimum atomic E-state index is -0.452. The van der Waals surface area contributed by atoms with Crippen molar-refractivity contribution < 1.29 is 13.9 Å². The van der Waals surface area contributed by atoms with Gasteiger partial charge in [0.05, 0.1) is 25.5 Å². The van der Waals surface area contributed by atoms with Crippen molar-refractivity contribution in [2.24, 2.45) is 0 Å². The Morgan fingerprint density at radius 1 is 1.00 bits per heavy atom. The molecule has 0 aliphatic heterocycles. The summed E-state index contributed by atoms with van der Waals surface area (Å²) >= 11 is 0. The minimum Gasteiger partial charge on any atom is -0.468 e. The van der Waals surface area contributed by atoms with E-state index in [0.29, 0.717) is 13.1 Å². The number of benzene rings is 1. The minimum absolute atomic E-state index is 0.452. The van der Waals surface area contributed by atoms with Crippen molar-refractivity contribution in [2.75, 3.05) is 0 Å². The van der Waals surface area contributed by atoms with E-state index in [9.17, 15) is 5.11 Å². The van der Waals surface area contributed by atoms with Crippen molar-refractivity contribution in [1.82, 2.24) is 5.32 Å². The summed E-state index contributed by atoms with van der Waals surface area (Å²) in [6.45, 7) is 3.07. The molecule has 2 N–H and O–H groups in total. The maximum atomic E-state index is 9.53. The average Bonchev–Trinajstić information content (AvgIpc) is 3.19. The smallest absolute Gasteiger partial charge is 0.134 e. The van der Waals surface area contributed by atoms with Gasteiger partial charge in [-0.1, -0.05) is 24.3 Å². The van der Waals surface area contributed by atoms with Crippen LogP contribution in [0.3, 0.4) is 0 Å². The van der Waals surface area contributed by atoms with Crippen LogP contribution in [0.25, 0.3) is 11.3 Å². The van der Waals surface area contributed by atoms with Crippen molar-refractivity contribution >= 4 is 0 Å². The molecule has 22 heavy (non-hydrogen) atoms. The van der Waals surface area contributed by atoms with Gasteiger partial charge in [-0.3, -0.25) is 0 Å². The summed E-state index contributed by atoms with van der Waals surface area (Å²) in [5, 5.41) is 12.8. The highest BCUT2D eigenvalue weighted by molar-refractivity contribution is 5.58. The van der Waals surface area contributed by atoms with Crippen LogP contribution >= 0.6 is 0 Å². The molecule has 2 heterocycles. The predicted molar refractivity (Wildman–Crippen MR) is 84.0 cm³/mol. The second kappa shape index (κ2) is 6.64. The molecular formula is C18H19NO3. The number of nitrogens with one attached hydrogen (secondary N) is 1. The first-order valence-corrected chi connectivity index (χ1v) is 7.32. The van der Waals surface area contributed by atoms with Gasteiger partial charge in [0.15, 0.2) is 0 Å². The quantitative estimate of drug-likeness (QED) is 0.725. The molecule has 0 aliphatic carbocycles. The average molecular weight is 297 g/mol. The summed E-state index contributed by atoms with van der Waals surface area (Å²) in [5.74, 6) is 2.61. The lowest BCUT2D eigenvalue weighted by molar-refractivity contribution is 0.199. The van der Waals surface area contributed by atoms with E-state index in [-0.39, 0.29) is 0 Å². The molecule has 3 aromatic rings. The lowest BCUT2D eigenvalue weighted by atomic mass is 10.1. The van der Waals surface area contributed by atoms with Crippen molar-refractivity contribution in [2.45, 2.75) is 26.1 Å². The van der Waals surface area contributed by atoms with Crippen LogP contribution in [0, 0.1) is 0 Å². The first kappa shape index (κ1) is 14.6. The van der Waals surface area contributed by atoms with Crippen LogP contribution in [0.2, 0.25) is 0 Å². The Labute approximate surface area is 129 Å². The maximum absolute atomic E-state index is 9.53. The molecule has 2 aromatic heterocycles. The molecule has 0 saturated carbocycles. The van der Waals surface area contributed by atoms with Crippen molar-refractivity contribution in [3.8, 4) is 11.3 Å². The second-order valence-electron chi connectivity index (χ2n) is 5.25. The molecule has 4 heteroatoms. The second-order valence-corrected chi connectivity index (χ2v) is 5.25. The van der Waals surface area contributed by atoms with Gasteiger partial charge in [-0.15, -0.1) is 0 Å². The predicted octanol–water partition coefficient (Wildman–Crippen LogP) is 3.88. The Morgan fingerprint density at radius 2 is 1.77 bits per heavy atom. The molecule has 0 radical (unpaired) electrons. The van der Waals surface area contributed by atoms with Crippen LogP contribution in [0.4, 0.5) is 0 Å². The van der Waals surface area contributed by atoms with E-state index >= 15 is 0 Å². The van der Waals surface area contributed by atoms with E-state index in [1.807, 2.05) is 48.5 Å². The first-order chi connectivity index (χ1) is 10.7. The molecule has 114 valence electrons. The number of furan rings is 2. The van der Waals surface area contributed by atoms with Crippen LogP contribution in [-0.4, -0.2) is 5.11 Å². The van der Waals surface area contributed by atoms with Crippen molar-refractivity contribution in [3.05, 3.63) is 71.9 Å². The van der Waals surface area contributed by atoms with Gasteiger partial charge in [-0.2, -0.15) is 0 Å². The summed E-state index contributed by atoms with van der Waals surface area (Å²) in [4.78, 5) is 0. The zero-order valence-electron chi connectivity index (χ0n) is 12.5. The summed E-state index contributed by atoms with van der Waals surface area (Å²) < 4.78 is 11.1.